The zero-order chi connectivity index (χ0) is 16.5. The van der Waals surface area contributed by atoms with E-state index in [0.717, 1.165) is 29.4 Å². The highest BCUT2D eigenvalue weighted by molar-refractivity contribution is 5.78. The van der Waals surface area contributed by atoms with E-state index in [-0.39, 0.29) is 5.91 Å². The van der Waals surface area contributed by atoms with Crippen molar-refractivity contribution in [3.8, 4) is 5.69 Å². The zero-order valence-corrected chi connectivity index (χ0v) is 13.5. The van der Waals surface area contributed by atoms with Crippen molar-refractivity contribution >= 4 is 5.91 Å². The molecule has 7 heteroatoms. The average Bonchev–Trinajstić information content (AvgIpc) is 3.22. The van der Waals surface area contributed by atoms with Gasteiger partial charge in [-0.2, -0.15) is 5.10 Å². The topological polar surface area (TPSA) is 68.8 Å². The van der Waals surface area contributed by atoms with Gasteiger partial charge in [-0.3, -0.25) is 4.79 Å². The molecule has 0 fully saturated rings. The molecule has 3 heterocycles. The zero-order valence-electron chi connectivity index (χ0n) is 13.5. The molecule has 0 aliphatic carbocycles. The molecule has 0 saturated carbocycles. The number of fused-ring (bicyclic) bond motifs is 1. The minimum Gasteiger partial charge on any atom is -0.333 e. The largest absolute Gasteiger partial charge is 0.333 e. The van der Waals surface area contributed by atoms with Gasteiger partial charge in [-0.25, -0.2) is 4.68 Å². The molecule has 0 unspecified atom stereocenters. The van der Waals surface area contributed by atoms with Gasteiger partial charge in [-0.05, 0) is 24.6 Å². The van der Waals surface area contributed by atoms with Crippen LogP contribution in [0.2, 0.25) is 0 Å². The number of rotatable bonds is 3. The van der Waals surface area contributed by atoms with Crippen LogP contribution in [-0.2, 0) is 24.3 Å². The number of nitrogens with zero attached hydrogens (tertiary/aromatic N) is 6. The maximum Gasteiger partial charge on any atom is 0.227 e. The number of para-hydroxylation sites is 1. The van der Waals surface area contributed by atoms with E-state index in [4.69, 9.17) is 0 Å². The minimum absolute atomic E-state index is 0.0921. The monoisotopic (exact) mass is 322 g/mol. The smallest absolute Gasteiger partial charge is 0.227 e. The lowest BCUT2D eigenvalue weighted by Crippen LogP contribution is -2.39. The van der Waals surface area contributed by atoms with E-state index in [1.807, 2.05) is 48.4 Å². The SMILES string of the molecule is Cc1nnc2n1CCN(C(=O)Cc1cnn(-c3ccccc3)c1)C2. The Morgan fingerprint density at radius 1 is 1.17 bits per heavy atom. The summed E-state index contributed by atoms with van der Waals surface area (Å²) in [4.78, 5) is 14.4. The standard InChI is InChI=1S/C17H18N6O/c1-13-19-20-16-12-21(7-8-22(13)16)17(24)9-14-10-18-23(11-14)15-5-3-2-4-6-15/h2-6,10-11H,7-9,12H2,1H3. The second-order valence-electron chi connectivity index (χ2n) is 5.94. The Morgan fingerprint density at radius 3 is 2.83 bits per heavy atom. The number of benzene rings is 1. The van der Waals surface area contributed by atoms with Crippen LogP contribution in [0.4, 0.5) is 0 Å². The van der Waals surface area contributed by atoms with E-state index in [1.54, 1.807) is 10.9 Å². The fraction of sp³-hybridized carbons (Fsp3) is 0.294. The van der Waals surface area contributed by atoms with E-state index in [1.165, 1.54) is 0 Å². The lowest BCUT2D eigenvalue weighted by molar-refractivity contribution is -0.132. The Hall–Kier alpha value is -2.96. The van der Waals surface area contributed by atoms with Crippen LogP contribution in [0.25, 0.3) is 5.69 Å². The van der Waals surface area contributed by atoms with Crippen molar-refractivity contribution < 1.29 is 4.79 Å². The second-order valence-corrected chi connectivity index (χ2v) is 5.94. The van der Waals surface area contributed by atoms with Crippen molar-refractivity contribution in [1.82, 2.24) is 29.4 Å². The van der Waals surface area contributed by atoms with Gasteiger partial charge >= 0.3 is 0 Å². The minimum atomic E-state index is 0.0921. The van der Waals surface area contributed by atoms with Gasteiger partial charge in [0.1, 0.15) is 5.82 Å². The first-order valence-corrected chi connectivity index (χ1v) is 7.96. The molecule has 7 nitrogen and oxygen atoms in total. The highest BCUT2D eigenvalue weighted by Gasteiger charge is 2.23. The Balaban J connectivity index is 1.45. The summed E-state index contributed by atoms with van der Waals surface area (Å²) in [6.07, 6.45) is 4.01. The highest BCUT2D eigenvalue weighted by atomic mass is 16.2. The molecule has 4 rings (SSSR count). The number of hydrogen-bond donors (Lipinski definition) is 0. The Bertz CT molecular complexity index is 866. The molecule has 0 bridgehead atoms. The van der Waals surface area contributed by atoms with Crippen LogP contribution in [-0.4, -0.2) is 41.9 Å². The summed E-state index contributed by atoms with van der Waals surface area (Å²) in [5, 5.41) is 12.6. The first kappa shape index (κ1) is 14.6. The predicted molar refractivity (Wildman–Crippen MR) is 87.4 cm³/mol. The van der Waals surface area contributed by atoms with Crippen LogP contribution >= 0.6 is 0 Å². The fourth-order valence-electron chi connectivity index (χ4n) is 2.98. The number of carbonyl (C=O) groups is 1. The summed E-state index contributed by atoms with van der Waals surface area (Å²) in [5.41, 5.74) is 1.89. The number of amides is 1. The lowest BCUT2D eigenvalue weighted by Gasteiger charge is -2.27. The van der Waals surface area contributed by atoms with Crippen LogP contribution in [0, 0.1) is 6.92 Å². The van der Waals surface area contributed by atoms with Gasteiger partial charge < -0.3 is 9.47 Å². The van der Waals surface area contributed by atoms with Crippen LogP contribution in [0.1, 0.15) is 17.2 Å². The molecule has 1 aromatic carbocycles. The molecule has 1 amide bonds. The molecule has 1 aliphatic heterocycles. The van der Waals surface area contributed by atoms with Crippen molar-refractivity contribution in [3.63, 3.8) is 0 Å². The van der Waals surface area contributed by atoms with Gasteiger partial charge in [0.25, 0.3) is 0 Å². The van der Waals surface area contributed by atoms with Crippen LogP contribution < -0.4 is 0 Å². The Kier molecular flexibility index (Phi) is 3.60. The molecule has 2 aromatic heterocycles. The summed E-state index contributed by atoms with van der Waals surface area (Å²) in [5.74, 6) is 1.85. The van der Waals surface area contributed by atoms with Crippen molar-refractivity contribution in [2.75, 3.05) is 6.54 Å². The number of hydrogen-bond acceptors (Lipinski definition) is 4. The summed E-state index contributed by atoms with van der Waals surface area (Å²) in [6.45, 7) is 3.90. The fourth-order valence-corrected chi connectivity index (χ4v) is 2.98. The van der Waals surface area contributed by atoms with Crippen molar-refractivity contribution in [2.24, 2.45) is 0 Å². The second kappa shape index (κ2) is 5.92. The summed E-state index contributed by atoms with van der Waals surface area (Å²) in [6, 6.07) is 9.87. The maximum absolute atomic E-state index is 12.6. The van der Waals surface area contributed by atoms with Crippen molar-refractivity contribution in [2.45, 2.75) is 26.4 Å². The molecule has 0 radical (unpaired) electrons. The molecule has 1 aliphatic rings. The average molecular weight is 322 g/mol. The van der Waals surface area contributed by atoms with E-state index in [9.17, 15) is 4.79 Å². The summed E-state index contributed by atoms with van der Waals surface area (Å²) in [7, 11) is 0. The Labute approximate surface area is 139 Å². The van der Waals surface area contributed by atoms with Gasteiger partial charge in [0.05, 0.1) is 24.8 Å². The van der Waals surface area contributed by atoms with Crippen LogP contribution in [0.3, 0.4) is 0 Å². The molecule has 24 heavy (non-hydrogen) atoms. The van der Waals surface area contributed by atoms with Crippen LogP contribution in [0.5, 0.6) is 0 Å². The lowest BCUT2D eigenvalue weighted by atomic mass is 10.2. The molecule has 0 saturated heterocycles. The molecule has 0 spiro atoms. The van der Waals surface area contributed by atoms with Crippen LogP contribution in [0.15, 0.2) is 42.7 Å². The molecular formula is C17H18N6O. The quantitative estimate of drug-likeness (QED) is 0.730. The third-order valence-corrected chi connectivity index (χ3v) is 4.30. The van der Waals surface area contributed by atoms with Crippen molar-refractivity contribution in [3.05, 3.63) is 59.9 Å². The predicted octanol–water partition coefficient (Wildman–Crippen LogP) is 1.36. The van der Waals surface area contributed by atoms with Gasteiger partial charge in [-0.15, -0.1) is 10.2 Å². The number of aromatic nitrogens is 5. The molecule has 3 aromatic rings. The first-order chi connectivity index (χ1) is 11.7. The maximum atomic E-state index is 12.6. The van der Waals surface area contributed by atoms with E-state index in [0.29, 0.717) is 19.5 Å². The van der Waals surface area contributed by atoms with Gasteiger partial charge in [0.2, 0.25) is 5.91 Å². The molecule has 122 valence electrons. The van der Waals surface area contributed by atoms with E-state index in [2.05, 4.69) is 19.9 Å². The van der Waals surface area contributed by atoms with E-state index < -0.39 is 0 Å². The summed E-state index contributed by atoms with van der Waals surface area (Å²) >= 11 is 0. The molecule has 0 N–H and O–H groups in total. The van der Waals surface area contributed by atoms with Gasteiger partial charge in [-0.1, -0.05) is 18.2 Å². The Morgan fingerprint density at radius 2 is 2.00 bits per heavy atom. The highest BCUT2D eigenvalue weighted by Crippen LogP contribution is 2.14. The van der Waals surface area contributed by atoms with Crippen molar-refractivity contribution in [1.29, 1.82) is 0 Å². The summed E-state index contributed by atoms with van der Waals surface area (Å²) < 4.78 is 3.86. The third-order valence-electron chi connectivity index (χ3n) is 4.30. The van der Waals surface area contributed by atoms with Gasteiger partial charge in [0, 0.05) is 19.3 Å². The molecular weight excluding hydrogens is 304 g/mol. The first-order valence-electron chi connectivity index (χ1n) is 7.96. The third kappa shape index (κ3) is 2.68. The number of carbonyl (C=O) groups excluding carboxylic acids is 1. The normalized spacial score (nSPS) is 13.8. The number of aryl methyl sites for hydroxylation is 1. The molecule has 0 atom stereocenters. The van der Waals surface area contributed by atoms with Gasteiger partial charge in [0.15, 0.2) is 5.82 Å². The van der Waals surface area contributed by atoms with E-state index >= 15 is 0 Å².